The molecule has 0 aromatic carbocycles. The van der Waals surface area contributed by atoms with Crippen molar-refractivity contribution in [3.63, 3.8) is 0 Å². The molecule has 0 radical (unpaired) electrons. The normalized spacial score (nSPS) is 12.4. The second-order valence-electron chi connectivity index (χ2n) is 17.5. The zero-order valence-corrected chi connectivity index (χ0v) is 40.4. The number of esters is 3. The van der Waals surface area contributed by atoms with Gasteiger partial charge in [-0.05, 0) is 64.2 Å². The van der Waals surface area contributed by atoms with Crippen molar-refractivity contribution in [3.8, 4) is 0 Å². The summed E-state index contributed by atoms with van der Waals surface area (Å²) in [6.07, 6.45) is 59.5. The maximum absolute atomic E-state index is 12.8. The Hall–Kier alpha value is -2.63. The van der Waals surface area contributed by atoms with Crippen LogP contribution in [0.4, 0.5) is 0 Å². The van der Waals surface area contributed by atoms with Gasteiger partial charge in [0.2, 0.25) is 0 Å². The lowest BCUT2D eigenvalue weighted by atomic mass is 10.0. The van der Waals surface area contributed by atoms with E-state index in [1.807, 2.05) is 0 Å². The third-order valence-electron chi connectivity index (χ3n) is 11.4. The van der Waals surface area contributed by atoms with Crippen LogP contribution in [0.3, 0.4) is 0 Å². The predicted octanol–water partition coefficient (Wildman–Crippen LogP) is 17.1. The molecule has 0 aromatic heterocycles. The van der Waals surface area contributed by atoms with E-state index in [9.17, 15) is 14.4 Å². The fraction of sp³-hybridized carbons (Fsp3) is 0.800. The third kappa shape index (κ3) is 48.3. The Morgan fingerprint density at radius 2 is 0.656 bits per heavy atom. The minimum atomic E-state index is -0.782. The summed E-state index contributed by atoms with van der Waals surface area (Å²) in [5.41, 5.74) is 0. The molecule has 0 N–H and O–H groups in total. The van der Waals surface area contributed by atoms with Crippen molar-refractivity contribution in [2.75, 3.05) is 13.2 Å². The number of hydrogen-bond acceptors (Lipinski definition) is 6. The molecular formula is C55H98O6. The predicted molar refractivity (Wildman–Crippen MR) is 261 cm³/mol. The van der Waals surface area contributed by atoms with Crippen molar-refractivity contribution in [3.05, 3.63) is 48.6 Å². The van der Waals surface area contributed by atoms with Crippen LogP contribution in [0.25, 0.3) is 0 Å². The molecule has 0 fully saturated rings. The van der Waals surface area contributed by atoms with Crippen LogP contribution in [0.5, 0.6) is 0 Å². The summed E-state index contributed by atoms with van der Waals surface area (Å²) in [7, 11) is 0. The number of rotatable bonds is 47. The molecule has 0 aliphatic carbocycles. The van der Waals surface area contributed by atoms with Gasteiger partial charge in [-0.25, -0.2) is 0 Å². The van der Waals surface area contributed by atoms with Crippen LogP contribution in [0.1, 0.15) is 265 Å². The smallest absolute Gasteiger partial charge is 0.306 e. The number of carbonyl (C=O) groups is 3. The molecule has 354 valence electrons. The van der Waals surface area contributed by atoms with E-state index in [0.717, 1.165) is 83.5 Å². The van der Waals surface area contributed by atoms with Gasteiger partial charge in [-0.2, -0.15) is 0 Å². The standard InChI is InChI=1S/C55H98O6/c1-4-7-10-13-16-19-22-25-26-27-28-31-33-36-39-42-45-48-54(57)60-51-52(61-55(58)49-46-43-40-37-34-30-24-21-18-15-12-9-6-3)50-59-53(56)47-44-41-38-35-32-29-23-20-17-14-11-8-5-2/h9,12,15,18,21,24-26,52H,4-8,10-11,13-14,16-17,19-20,22-23,27-51H2,1-3H3/b12-9+,18-15+,24-21+,26-25+. The number of carbonyl (C=O) groups excluding carboxylic acids is 3. The second-order valence-corrected chi connectivity index (χ2v) is 17.5. The van der Waals surface area contributed by atoms with Crippen molar-refractivity contribution >= 4 is 17.9 Å². The maximum atomic E-state index is 12.8. The topological polar surface area (TPSA) is 78.9 Å². The van der Waals surface area contributed by atoms with Crippen molar-refractivity contribution in [2.24, 2.45) is 0 Å². The Bertz CT molecular complexity index is 1070. The van der Waals surface area contributed by atoms with Crippen LogP contribution in [0.2, 0.25) is 0 Å². The molecule has 0 rings (SSSR count). The van der Waals surface area contributed by atoms with Crippen LogP contribution in [0.15, 0.2) is 48.6 Å². The lowest BCUT2D eigenvalue weighted by Gasteiger charge is -2.18. The van der Waals surface area contributed by atoms with Crippen molar-refractivity contribution in [2.45, 2.75) is 271 Å². The van der Waals surface area contributed by atoms with Gasteiger partial charge in [0.15, 0.2) is 6.10 Å². The fourth-order valence-electron chi connectivity index (χ4n) is 7.44. The summed E-state index contributed by atoms with van der Waals surface area (Å²) in [5, 5.41) is 0. The van der Waals surface area contributed by atoms with E-state index in [2.05, 4.69) is 69.4 Å². The highest BCUT2D eigenvalue weighted by Crippen LogP contribution is 2.15. The molecule has 1 atom stereocenters. The van der Waals surface area contributed by atoms with Gasteiger partial charge in [0.25, 0.3) is 0 Å². The van der Waals surface area contributed by atoms with Gasteiger partial charge >= 0.3 is 17.9 Å². The van der Waals surface area contributed by atoms with E-state index >= 15 is 0 Å². The molecule has 0 saturated carbocycles. The Morgan fingerprint density at radius 3 is 1.03 bits per heavy atom. The van der Waals surface area contributed by atoms with Crippen LogP contribution in [-0.2, 0) is 28.6 Å². The van der Waals surface area contributed by atoms with Gasteiger partial charge in [0.05, 0.1) is 0 Å². The quantitative estimate of drug-likeness (QED) is 0.0199. The Morgan fingerprint density at radius 1 is 0.344 bits per heavy atom. The average Bonchev–Trinajstić information content (AvgIpc) is 3.26. The van der Waals surface area contributed by atoms with E-state index < -0.39 is 6.10 Å². The summed E-state index contributed by atoms with van der Waals surface area (Å²) in [4.78, 5) is 38.0. The van der Waals surface area contributed by atoms with E-state index in [4.69, 9.17) is 14.2 Å². The largest absolute Gasteiger partial charge is 0.462 e. The monoisotopic (exact) mass is 855 g/mol. The Labute approximate surface area is 378 Å². The van der Waals surface area contributed by atoms with Crippen molar-refractivity contribution < 1.29 is 28.6 Å². The fourth-order valence-corrected chi connectivity index (χ4v) is 7.44. The summed E-state index contributed by atoms with van der Waals surface area (Å²) in [6, 6.07) is 0. The first-order chi connectivity index (χ1) is 30.0. The molecule has 1 unspecified atom stereocenters. The molecule has 0 aromatic rings. The maximum Gasteiger partial charge on any atom is 0.306 e. The number of ether oxygens (including phenoxy) is 3. The molecule has 0 amide bonds. The molecule has 0 aliphatic heterocycles. The third-order valence-corrected chi connectivity index (χ3v) is 11.4. The highest BCUT2D eigenvalue weighted by atomic mass is 16.6. The first-order valence-corrected chi connectivity index (χ1v) is 26.2. The van der Waals surface area contributed by atoms with Crippen LogP contribution < -0.4 is 0 Å². The average molecular weight is 855 g/mol. The lowest BCUT2D eigenvalue weighted by molar-refractivity contribution is -0.167. The van der Waals surface area contributed by atoms with Crippen LogP contribution in [-0.4, -0.2) is 37.2 Å². The molecule has 61 heavy (non-hydrogen) atoms. The van der Waals surface area contributed by atoms with Gasteiger partial charge in [-0.15, -0.1) is 0 Å². The Kier molecular flexibility index (Phi) is 47.9. The molecule has 0 bridgehead atoms. The molecule has 0 spiro atoms. The van der Waals surface area contributed by atoms with Gasteiger partial charge in [0, 0.05) is 19.3 Å². The van der Waals surface area contributed by atoms with Gasteiger partial charge < -0.3 is 14.2 Å². The van der Waals surface area contributed by atoms with Gasteiger partial charge in [-0.3, -0.25) is 14.4 Å². The zero-order chi connectivity index (χ0) is 44.4. The van der Waals surface area contributed by atoms with Gasteiger partial charge in [-0.1, -0.05) is 230 Å². The van der Waals surface area contributed by atoms with Crippen LogP contribution >= 0.6 is 0 Å². The number of allylic oxidation sites excluding steroid dienone is 8. The first-order valence-electron chi connectivity index (χ1n) is 26.2. The second kappa shape index (κ2) is 50.0. The summed E-state index contributed by atoms with van der Waals surface area (Å²) in [5.74, 6) is -0.898. The lowest BCUT2D eigenvalue weighted by Crippen LogP contribution is -2.30. The van der Waals surface area contributed by atoms with E-state index in [-0.39, 0.29) is 31.1 Å². The van der Waals surface area contributed by atoms with E-state index in [1.54, 1.807) is 0 Å². The molecule has 6 heteroatoms. The SMILES string of the molecule is CC/C=C/C=C/C=C/CCCCCCCC(=O)OC(COC(=O)CCCCCCCCC/C=C/CCCCCCCC)COC(=O)CCCCCCCCCCCCCCC. The highest BCUT2D eigenvalue weighted by molar-refractivity contribution is 5.71. The van der Waals surface area contributed by atoms with Crippen molar-refractivity contribution in [1.82, 2.24) is 0 Å². The minimum absolute atomic E-state index is 0.0805. The molecule has 0 aliphatic rings. The summed E-state index contributed by atoms with van der Waals surface area (Å²) < 4.78 is 16.8. The minimum Gasteiger partial charge on any atom is -0.462 e. The van der Waals surface area contributed by atoms with Crippen LogP contribution in [0, 0.1) is 0 Å². The van der Waals surface area contributed by atoms with E-state index in [1.165, 1.54) is 141 Å². The van der Waals surface area contributed by atoms with Crippen molar-refractivity contribution in [1.29, 1.82) is 0 Å². The van der Waals surface area contributed by atoms with E-state index in [0.29, 0.717) is 19.3 Å². The molecule has 6 nitrogen and oxygen atoms in total. The zero-order valence-electron chi connectivity index (χ0n) is 40.4. The Balaban J connectivity index is 4.37. The molecular weight excluding hydrogens is 757 g/mol. The highest BCUT2D eigenvalue weighted by Gasteiger charge is 2.19. The summed E-state index contributed by atoms with van der Waals surface area (Å²) >= 11 is 0. The summed E-state index contributed by atoms with van der Waals surface area (Å²) in [6.45, 7) is 6.50. The van der Waals surface area contributed by atoms with Gasteiger partial charge in [0.1, 0.15) is 13.2 Å². The molecule has 0 saturated heterocycles. The number of hydrogen-bond donors (Lipinski definition) is 0. The number of unbranched alkanes of at least 4 members (excludes halogenated alkanes) is 30. The molecule has 0 heterocycles. The first kappa shape index (κ1) is 58.4.